The normalized spacial score (nSPS) is 23.7. The van der Waals surface area contributed by atoms with Crippen LogP contribution in [0.3, 0.4) is 0 Å². The molecule has 1 heterocycles. The third-order valence-corrected chi connectivity index (χ3v) is 2.32. The molecule has 1 unspecified atom stereocenters. The van der Waals surface area contributed by atoms with Crippen molar-refractivity contribution in [2.75, 3.05) is 6.54 Å². The standard InChI is InChI=1S/C10H19NO/c1-8-5-6-11(8)9(12)7-10(2,3)4/h8H,5-7H2,1-4H3. The van der Waals surface area contributed by atoms with Crippen LogP contribution in [-0.4, -0.2) is 23.4 Å². The molecule has 0 aromatic rings. The average molecular weight is 169 g/mol. The minimum absolute atomic E-state index is 0.131. The van der Waals surface area contributed by atoms with Crippen LogP contribution in [0.4, 0.5) is 0 Å². The molecule has 1 atom stereocenters. The summed E-state index contributed by atoms with van der Waals surface area (Å²) in [7, 11) is 0. The molecule has 0 aromatic heterocycles. The predicted molar refractivity (Wildman–Crippen MR) is 49.9 cm³/mol. The first-order chi connectivity index (χ1) is 5.40. The SMILES string of the molecule is CC1CCN1C(=O)CC(C)(C)C. The lowest BCUT2D eigenvalue weighted by molar-refractivity contribution is -0.140. The van der Waals surface area contributed by atoms with E-state index < -0.39 is 0 Å². The summed E-state index contributed by atoms with van der Waals surface area (Å²) in [6, 6.07) is 0.486. The zero-order chi connectivity index (χ0) is 9.35. The van der Waals surface area contributed by atoms with Crippen LogP contribution in [0, 0.1) is 5.41 Å². The quantitative estimate of drug-likeness (QED) is 0.588. The molecule has 1 saturated heterocycles. The number of hydrogen-bond donors (Lipinski definition) is 0. The van der Waals surface area contributed by atoms with Crippen molar-refractivity contribution in [2.24, 2.45) is 5.41 Å². The van der Waals surface area contributed by atoms with E-state index in [2.05, 4.69) is 27.7 Å². The fraction of sp³-hybridized carbons (Fsp3) is 0.900. The summed E-state index contributed by atoms with van der Waals surface area (Å²) in [5, 5.41) is 0. The lowest BCUT2D eigenvalue weighted by atomic mass is 9.90. The molecular weight excluding hydrogens is 150 g/mol. The van der Waals surface area contributed by atoms with E-state index in [0.29, 0.717) is 18.4 Å². The Morgan fingerprint density at radius 2 is 2.08 bits per heavy atom. The van der Waals surface area contributed by atoms with Crippen LogP contribution in [0.5, 0.6) is 0 Å². The van der Waals surface area contributed by atoms with Crippen molar-refractivity contribution in [3.05, 3.63) is 0 Å². The maximum atomic E-state index is 11.6. The zero-order valence-corrected chi connectivity index (χ0v) is 8.55. The number of hydrogen-bond acceptors (Lipinski definition) is 1. The Kier molecular flexibility index (Phi) is 2.45. The molecule has 0 aliphatic carbocycles. The Bertz CT molecular complexity index is 181. The first kappa shape index (κ1) is 9.56. The molecule has 1 aliphatic heterocycles. The number of amides is 1. The predicted octanol–water partition coefficient (Wildman–Crippen LogP) is 2.04. The Balaban J connectivity index is 2.39. The van der Waals surface area contributed by atoms with Crippen molar-refractivity contribution in [3.8, 4) is 0 Å². The minimum atomic E-state index is 0.131. The summed E-state index contributed by atoms with van der Waals surface area (Å²) in [6.07, 6.45) is 1.85. The van der Waals surface area contributed by atoms with Crippen molar-refractivity contribution in [3.63, 3.8) is 0 Å². The van der Waals surface area contributed by atoms with Crippen LogP contribution < -0.4 is 0 Å². The third kappa shape index (κ3) is 2.23. The molecule has 0 bridgehead atoms. The number of nitrogens with zero attached hydrogens (tertiary/aromatic N) is 1. The number of rotatable bonds is 1. The summed E-state index contributed by atoms with van der Waals surface area (Å²) in [6.45, 7) is 9.40. The van der Waals surface area contributed by atoms with Crippen molar-refractivity contribution in [1.82, 2.24) is 4.90 Å². The molecule has 70 valence electrons. The summed E-state index contributed by atoms with van der Waals surface area (Å²) in [4.78, 5) is 13.6. The van der Waals surface area contributed by atoms with E-state index in [1.807, 2.05) is 4.90 Å². The van der Waals surface area contributed by atoms with Gasteiger partial charge in [-0.25, -0.2) is 0 Å². The molecule has 1 amide bonds. The van der Waals surface area contributed by atoms with Gasteiger partial charge in [0.05, 0.1) is 0 Å². The van der Waals surface area contributed by atoms with E-state index >= 15 is 0 Å². The third-order valence-electron chi connectivity index (χ3n) is 2.32. The molecule has 0 aromatic carbocycles. The molecule has 0 spiro atoms. The van der Waals surface area contributed by atoms with E-state index in [0.717, 1.165) is 6.54 Å². The fourth-order valence-corrected chi connectivity index (χ4v) is 1.44. The second kappa shape index (κ2) is 3.08. The topological polar surface area (TPSA) is 20.3 Å². The van der Waals surface area contributed by atoms with Crippen LogP contribution in [0.15, 0.2) is 0 Å². The molecule has 0 N–H and O–H groups in total. The van der Waals surface area contributed by atoms with Crippen LogP contribution >= 0.6 is 0 Å². The van der Waals surface area contributed by atoms with Gasteiger partial charge in [-0.05, 0) is 18.8 Å². The molecule has 1 rings (SSSR count). The second-order valence-electron chi connectivity index (χ2n) is 4.96. The Labute approximate surface area is 74.9 Å². The number of carbonyl (C=O) groups is 1. The summed E-state index contributed by atoms with van der Waals surface area (Å²) < 4.78 is 0. The lowest BCUT2D eigenvalue weighted by Crippen LogP contribution is -2.50. The molecule has 2 nitrogen and oxygen atoms in total. The van der Waals surface area contributed by atoms with Crippen LogP contribution in [0.25, 0.3) is 0 Å². The van der Waals surface area contributed by atoms with Gasteiger partial charge in [0.25, 0.3) is 0 Å². The molecule has 2 heteroatoms. The van der Waals surface area contributed by atoms with Gasteiger partial charge < -0.3 is 4.90 Å². The molecular formula is C10H19NO. The minimum Gasteiger partial charge on any atom is -0.340 e. The van der Waals surface area contributed by atoms with Crippen LogP contribution in [0.2, 0.25) is 0 Å². The van der Waals surface area contributed by atoms with E-state index in [9.17, 15) is 4.79 Å². The summed E-state index contributed by atoms with van der Waals surface area (Å²) >= 11 is 0. The van der Waals surface area contributed by atoms with Crippen molar-refractivity contribution in [1.29, 1.82) is 0 Å². The smallest absolute Gasteiger partial charge is 0.223 e. The highest BCUT2D eigenvalue weighted by molar-refractivity contribution is 5.77. The fourth-order valence-electron chi connectivity index (χ4n) is 1.44. The maximum Gasteiger partial charge on any atom is 0.223 e. The monoisotopic (exact) mass is 169 g/mol. The summed E-state index contributed by atoms with van der Waals surface area (Å²) in [5.74, 6) is 0.321. The van der Waals surface area contributed by atoms with E-state index in [4.69, 9.17) is 0 Å². The van der Waals surface area contributed by atoms with Crippen molar-refractivity contribution in [2.45, 2.75) is 46.6 Å². The van der Waals surface area contributed by atoms with Gasteiger partial charge in [0.15, 0.2) is 0 Å². The Hall–Kier alpha value is -0.530. The van der Waals surface area contributed by atoms with Crippen LogP contribution in [-0.2, 0) is 4.79 Å². The van der Waals surface area contributed by atoms with E-state index in [1.54, 1.807) is 0 Å². The van der Waals surface area contributed by atoms with Crippen molar-refractivity contribution >= 4 is 5.91 Å². The van der Waals surface area contributed by atoms with Gasteiger partial charge >= 0.3 is 0 Å². The molecule has 1 fully saturated rings. The Morgan fingerprint density at radius 3 is 2.33 bits per heavy atom. The zero-order valence-electron chi connectivity index (χ0n) is 8.55. The highest BCUT2D eigenvalue weighted by Gasteiger charge is 2.30. The van der Waals surface area contributed by atoms with Crippen LogP contribution in [0.1, 0.15) is 40.5 Å². The largest absolute Gasteiger partial charge is 0.340 e. The highest BCUT2D eigenvalue weighted by Crippen LogP contribution is 2.24. The van der Waals surface area contributed by atoms with Gasteiger partial charge in [-0.2, -0.15) is 0 Å². The number of carbonyl (C=O) groups excluding carboxylic acids is 1. The Morgan fingerprint density at radius 1 is 1.50 bits per heavy atom. The molecule has 0 radical (unpaired) electrons. The average Bonchev–Trinajstić information content (AvgIpc) is 1.79. The van der Waals surface area contributed by atoms with Gasteiger partial charge in [-0.15, -0.1) is 0 Å². The molecule has 12 heavy (non-hydrogen) atoms. The molecule has 1 aliphatic rings. The first-order valence-electron chi connectivity index (χ1n) is 4.69. The second-order valence-corrected chi connectivity index (χ2v) is 4.96. The van der Waals surface area contributed by atoms with Gasteiger partial charge in [0.1, 0.15) is 0 Å². The number of likely N-dealkylation sites (tertiary alicyclic amines) is 1. The van der Waals surface area contributed by atoms with Gasteiger partial charge in [-0.3, -0.25) is 4.79 Å². The summed E-state index contributed by atoms with van der Waals surface area (Å²) in [5.41, 5.74) is 0.131. The van der Waals surface area contributed by atoms with Crippen molar-refractivity contribution < 1.29 is 4.79 Å². The lowest BCUT2D eigenvalue weighted by Gasteiger charge is -2.40. The highest BCUT2D eigenvalue weighted by atomic mass is 16.2. The first-order valence-corrected chi connectivity index (χ1v) is 4.69. The van der Waals surface area contributed by atoms with Gasteiger partial charge in [0, 0.05) is 19.0 Å². The maximum absolute atomic E-state index is 11.6. The molecule has 0 saturated carbocycles. The van der Waals surface area contributed by atoms with Gasteiger partial charge in [-0.1, -0.05) is 20.8 Å². The van der Waals surface area contributed by atoms with E-state index in [-0.39, 0.29) is 5.41 Å². The van der Waals surface area contributed by atoms with E-state index in [1.165, 1.54) is 6.42 Å². The van der Waals surface area contributed by atoms with Gasteiger partial charge in [0.2, 0.25) is 5.91 Å².